The molecule has 0 spiro atoms. The summed E-state index contributed by atoms with van der Waals surface area (Å²) in [6.45, 7) is 1.79. The summed E-state index contributed by atoms with van der Waals surface area (Å²) in [6.07, 6.45) is -3.81. The number of hydrogen-bond donors (Lipinski definition) is 1. The van der Waals surface area contributed by atoms with Crippen LogP contribution in [0.15, 0.2) is 18.3 Å². The van der Waals surface area contributed by atoms with Gasteiger partial charge in [-0.25, -0.2) is 0 Å². The second kappa shape index (κ2) is 6.21. The Balaban J connectivity index is 2.85. The molecule has 8 heteroatoms. The number of alkyl halides is 5. The van der Waals surface area contributed by atoms with Crippen LogP contribution in [0.2, 0.25) is 0 Å². The number of halogens is 5. The number of hydrogen-bond acceptors (Lipinski definition) is 2. The van der Waals surface area contributed by atoms with Crippen LogP contribution < -0.4 is 5.32 Å². The summed E-state index contributed by atoms with van der Waals surface area (Å²) in [5.41, 5.74) is -1.48. The monoisotopic (exact) mass is 402 g/mol. The van der Waals surface area contributed by atoms with E-state index in [4.69, 9.17) is 0 Å². The first-order valence-corrected chi connectivity index (χ1v) is 7.44. The van der Waals surface area contributed by atoms with Crippen molar-refractivity contribution in [1.29, 1.82) is 0 Å². The van der Waals surface area contributed by atoms with Crippen LogP contribution >= 0.6 is 31.9 Å². The van der Waals surface area contributed by atoms with Gasteiger partial charge in [-0.2, -0.15) is 13.2 Å². The van der Waals surface area contributed by atoms with Gasteiger partial charge in [0.1, 0.15) is 5.69 Å². The minimum atomic E-state index is -4.46. The Morgan fingerprint density at radius 2 is 1.89 bits per heavy atom. The normalized spacial score (nSPS) is 12.3. The number of carbonyl (C=O) groups is 1. The summed E-state index contributed by atoms with van der Waals surface area (Å²) < 4.78 is 37.0. The summed E-state index contributed by atoms with van der Waals surface area (Å²) in [6, 6.07) is 1.89. The third-order valence-corrected chi connectivity index (χ3v) is 4.80. The number of nitrogens with zero attached hydrogens (tertiary/aromatic N) is 1. The zero-order valence-corrected chi connectivity index (χ0v) is 13.1. The Hall–Kier alpha value is -0.630. The fourth-order valence-corrected chi connectivity index (χ4v) is 2.35. The Morgan fingerprint density at radius 1 is 1.32 bits per heavy atom. The van der Waals surface area contributed by atoms with E-state index in [1.54, 1.807) is 6.92 Å². The van der Waals surface area contributed by atoms with Gasteiger partial charge in [-0.1, -0.05) is 31.9 Å². The molecular formula is C11H11Br2F3N2O. The molecule has 0 saturated carbocycles. The van der Waals surface area contributed by atoms with E-state index in [1.807, 2.05) is 0 Å². The zero-order valence-electron chi connectivity index (χ0n) is 9.89. The Bertz CT molecular complexity index is 444. The smallest absolute Gasteiger partial charge is 0.344 e. The van der Waals surface area contributed by atoms with E-state index in [2.05, 4.69) is 42.2 Å². The molecule has 106 valence electrons. The highest BCUT2D eigenvalue weighted by Crippen LogP contribution is 2.28. The van der Waals surface area contributed by atoms with Crippen molar-refractivity contribution in [3.8, 4) is 0 Å². The van der Waals surface area contributed by atoms with Crippen LogP contribution in [0.4, 0.5) is 13.2 Å². The van der Waals surface area contributed by atoms with Crippen molar-refractivity contribution < 1.29 is 18.0 Å². The third kappa shape index (κ3) is 4.45. The van der Waals surface area contributed by atoms with Crippen molar-refractivity contribution in [3.63, 3.8) is 0 Å². The first-order chi connectivity index (χ1) is 8.72. The van der Waals surface area contributed by atoms with Gasteiger partial charge in [0.2, 0.25) is 0 Å². The fourth-order valence-electron chi connectivity index (χ4n) is 1.14. The maximum absolute atomic E-state index is 12.3. The molecule has 1 N–H and O–H groups in total. The van der Waals surface area contributed by atoms with Crippen LogP contribution in [0.1, 0.15) is 23.0 Å². The Kier molecular flexibility index (Phi) is 5.37. The quantitative estimate of drug-likeness (QED) is 0.783. The van der Waals surface area contributed by atoms with E-state index in [0.717, 1.165) is 12.1 Å². The topological polar surface area (TPSA) is 42.0 Å². The standard InChI is InChI=1S/C11H11Br2F3N2O/c1-10(5-12,6-13)18-9(19)8-3-2-7(4-17-8)11(14,15)16/h2-4H,5-6H2,1H3,(H,18,19). The van der Waals surface area contributed by atoms with Gasteiger partial charge in [0.05, 0.1) is 11.1 Å². The highest BCUT2D eigenvalue weighted by atomic mass is 79.9. The molecule has 0 aromatic carbocycles. The minimum Gasteiger partial charge on any atom is -0.344 e. The lowest BCUT2D eigenvalue weighted by Gasteiger charge is -2.26. The van der Waals surface area contributed by atoms with Crippen LogP contribution in [-0.4, -0.2) is 27.1 Å². The maximum atomic E-state index is 12.3. The molecule has 1 amide bonds. The number of aromatic nitrogens is 1. The van der Waals surface area contributed by atoms with Crippen molar-refractivity contribution in [2.75, 3.05) is 10.7 Å². The van der Waals surface area contributed by atoms with Gasteiger partial charge >= 0.3 is 6.18 Å². The highest BCUT2D eigenvalue weighted by molar-refractivity contribution is 9.09. The molecule has 0 fully saturated rings. The number of rotatable bonds is 4. The average Bonchev–Trinajstić information content (AvgIpc) is 2.37. The predicted molar refractivity (Wildman–Crippen MR) is 72.7 cm³/mol. The second-order valence-corrected chi connectivity index (χ2v) is 5.33. The number of pyridine rings is 1. The molecule has 0 radical (unpaired) electrons. The predicted octanol–water partition coefficient (Wildman–Crippen LogP) is 3.38. The lowest BCUT2D eigenvalue weighted by atomic mass is 10.1. The van der Waals surface area contributed by atoms with Crippen molar-refractivity contribution >= 4 is 37.8 Å². The molecule has 1 heterocycles. The molecule has 0 aliphatic heterocycles. The minimum absolute atomic E-state index is 0.0545. The molecule has 0 saturated heterocycles. The first kappa shape index (κ1) is 16.4. The van der Waals surface area contributed by atoms with Crippen LogP contribution in [-0.2, 0) is 6.18 Å². The summed E-state index contributed by atoms with van der Waals surface area (Å²) in [5.74, 6) is -0.518. The third-order valence-electron chi connectivity index (χ3n) is 2.33. The summed E-state index contributed by atoms with van der Waals surface area (Å²) >= 11 is 6.51. The van der Waals surface area contributed by atoms with Gasteiger partial charge in [-0.05, 0) is 19.1 Å². The summed E-state index contributed by atoms with van der Waals surface area (Å²) in [4.78, 5) is 15.4. The largest absolute Gasteiger partial charge is 0.417 e. The molecule has 0 aliphatic rings. The van der Waals surface area contributed by atoms with E-state index in [1.165, 1.54) is 0 Å². The molecule has 0 unspecified atom stereocenters. The fraction of sp³-hybridized carbons (Fsp3) is 0.455. The SMILES string of the molecule is CC(CBr)(CBr)NC(=O)c1ccc(C(F)(F)F)cn1. The first-order valence-electron chi connectivity index (χ1n) is 5.19. The van der Waals surface area contributed by atoms with Crippen molar-refractivity contribution in [3.05, 3.63) is 29.6 Å². The van der Waals surface area contributed by atoms with Crippen molar-refractivity contribution in [2.24, 2.45) is 0 Å². The maximum Gasteiger partial charge on any atom is 0.417 e. The Morgan fingerprint density at radius 3 is 2.26 bits per heavy atom. The molecule has 19 heavy (non-hydrogen) atoms. The van der Waals surface area contributed by atoms with Crippen molar-refractivity contribution in [1.82, 2.24) is 10.3 Å². The van der Waals surface area contributed by atoms with Crippen molar-refractivity contribution in [2.45, 2.75) is 18.6 Å². The van der Waals surface area contributed by atoms with E-state index >= 15 is 0 Å². The Labute approximate surface area is 125 Å². The van der Waals surface area contributed by atoms with E-state index < -0.39 is 23.2 Å². The number of nitrogens with one attached hydrogen (secondary N) is 1. The van der Waals surface area contributed by atoms with Gasteiger partial charge in [0.15, 0.2) is 0 Å². The lowest BCUT2D eigenvalue weighted by molar-refractivity contribution is -0.137. The molecule has 1 aromatic rings. The van der Waals surface area contributed by atoms with Crippen LogP contribution in [0.25, 0.3) is 0 Å². The molecule has 0 aliphatic carbocycles. The number of amides is 1. The molecule has 0 atom stereocenters. The lowest BCUT2D eigenvalue weighted by Crippen LogP contribution is -2.49. The van der Waals surface area contributed by atoms with E-state index in [9.17, 15) is 18.0 Å². The second-order valence-electron chi connectivity index (χ2n) is 4.21. The summed E-state index contributed by atoms with van der Waals surface area (Å²) in [5, 5.41) is 3.69. The van der Waals surface area contributed by atoms with Gasteiger partial charge in [-0.15, -0.1) is 0 Å². The molecule has 1 rings (SSSR count). The molecular weight excluding hydrogens is 393 g/mol. The average molecular weight is 404 g/mol. The molecule has 0 bridgehead atoms. The van der Waals surface area contributed by atoms with Crippen LogP contribution in [0.5, 0.6) is 0 Å². The molecule has 1 aromatic heterocycles. The van der Waals surface area contributed by atoms with Crippen LogP contribution in [0.3, 0.4) is 0 Å². The van der Waals surface area contributed by atoms with Gasteiger partial charge in [0.25, 0.3) is 5.91 Å². The van der Waals surface area contributed by atoms with Gasteiger partial charge < -0.3 is 5.32 Å². The molecule has 3 nitrogen and oxygen atoms in total. The van der Waals surface area contributed by atoms with E-state index in [0.29, 0.717) is 16.9 Å². The zero-order chi connectivity index (χ0) is 14.7. The summed E-state index contributed by atoms with van der Waals surface area (Å²) in [7, 11) is 0. The van der Waals surface area contributed by atoms with Gasteiger partial charge in [0, 0.05) is 16.9 Å². The van der Waals surface area contributed by atoms with Gasteiger partial charge in [-0.3, -0.25) is 9.78 Å². The number of carbonyl (C=O) groups excluding carboxylic acids is 1. The van der Waals surface area contributed by atoms with Crippen LogP contribution in [0, 0.1) is 0 Å². The van der Waals surface area contributed by atoms with E-state index in [-0.39, 0.29) is 5.69 Å². The highest BCUT2D eigenvalue weighted by Gasteiger charge is 2.31.